The summed E-state index contributed by atoms with van der Waals surface area (Å²) in [6.07, 6.45) is 17.2. The maximum atomic E-state index is 2.34. The molecule has 0 nitrogen and oxygen atoms in total. The number of rotatable bonds is 16. The van der Waals surface area contributed by atoms with Crippen molar-refractivity contribution >= 4 is 0 Å². The van der Waals surface area contributed by atoms with Gasteiger partial charge in [0, 0.05) is 0 Å². The Kier molecular flexibility index (Phi) is 14.6. The Balaban J connectivity index is 0.000000252. The van der Waals surface area contributed by atoms with Gasteiger partial charge in [-0.15, -0.1) is 0 Å². The van der Waals surface area contributed by atoms with Crippen LogP contribution < -0.4 is 0 Å². The van der Waals surface area contributed by atoms with Crippen LogP contribution in [0.4, 0.5) is 0 Å². The van der Waals surface area contributed by atoms with Gasteiger partial charge in [0.1, 0.15) is 0 Å². The highest BCUT2D eigenvalue weighted by Gasteiger charge is 2.37. The lowest BCUT2D eigenvalue weighted by Crippen LogP contribution is -2.30. The second kappa shape index (κ2) is 18.4. The number of hydrogen-bond donors (Lipinski definition) is 0. The van der Waals surface area contributed by atoms with E-state index in [2.05, 4.69) is 149 Å². The minimum absolute atomic E-state index is 0.328. The molecule has 0 radical (unpaired) electrons. The smallest absolute Gasteiger partial charge is 0.0654 e. The quantitative estimate of drug-likeness (QED) is 0.120. The molecule has 4 aromatic carbocycles. The van der Waals surface area contributed by atoms with Gasteiger partial charge in [0.2, 0.25) is 0 Å². The molecule has 0 unspecified atom stereocenters. The van der Waals surface area contributed by atoms with Crippen LogP contribution in [0.1, 0.15) is 127 Å². The summed E-state index contributed by atoms with van der Waals surface area (Å²) in [7, 11) is 0. The lowest BCUT2D eigenvalue weighted by Gasteiger charge is -2.36. The van der Waals surface area contributed by atoms with E-state index in [1.54, 1.807) is 0 Å². The van der Waals surface area contributed by atoms with E-state index in [-0.39, 0.29) is 5.41 Å². The van der Waals surface area contributed by atoms with Crippen LogP contribution in [0.25, 0.3) is 0 Å². The van der Waals surface area contributed by atoms with Crippen molar-refractivity contribution in [2.75, 3.05) is 0 Å². The van der Waals surface area contributed by atoms with E-state index in [0.29, 0.717) is 5.41 Å². The maximum Gasteiger partial charge on any atom is 0.0701 e. The molecular weight excluding hydrogens is 504 g/mol. The van der Waals surface area contributed by atoms with E-state index >= 15 is 0 Å². The highest BCUT2D eigenvalue weighted by Crippen LogP contribution is 2.45. The lowest BCUT2D eigenvalue weighted by atomic mass is 9.65. The monoisotopic (exact) mass is 560 g/mol. The first kappa shape index (κ1) is 33.4. The largest absolute Gasteiger partial charge is 0.0701 e. The van der Waals surface area contributed by atoms with Crippen molar-refractivity contribution in [3.8, 4) is 0 Å². The molecule has 42 heavy (non-hydrogen) atoms. The van der Waals surface area contributed by atoms with Gasteiger partial charge < -0.3 is 0 Å². The average Bonchev–Trinajstić information content (AvgIpc) is 3.07. The zero-order valence-corrected chi connectivity index (χ0v) is 27.0. The molecular formula is C42H56. The third-order valence-electron chi connectivity index (χ3n) is 9.07. The van der Waals surface area contributed by atoms with Gasteiger partial charge in [0.05, 0.1) is 5.41 Å². The Morgan fingerprint density at radius 2 is 0.548 bits per heavy atom. The van der Waals surface area contributed by atoms with E-state index in [9.17, 15) is 0 Å². The molecule has 0 aliphatic heterocycles. The molecule has 0 N–H and O–H groups in total. The SMILES string of the molecule is CCCCC(CCCC)(CCCC)CCCC.c1ccc(C(c2ccccc2)(c2ccccc2)c2ccccc2)cc1. The Morgan fingerprint density at radius 3 is 0.738 bits per heavy atom. The topological polar surface area (TPSA) is 0 Å². The molecule has 0 bridgehead atoms. The lowest BCUT2D eigenvalue weighted by molar-refractivity contribution is 0.177. The number of benzene rings is 4. The van der Waals surface area contributed by atoms with Crippen molar-refractivity contribution in [2.45, 2.75) is 110 Å². The molecule has 0 saturated carbocycles. The van der Waals surface area contributed by atoms with Gasteiger partial charge in [0.15, 0.2) is 0 Å². The summed E-state index contributed by atoms with van der Waals surface area (Å²) in [5, 5.41) is 0. The van der Waals surface area contributed by atoms with E-state index in [1.807, 2.05) is 0 Å². The van der Waals surface area contributed by atoms with E-state index in [1.165, 1.54) is 99.3 Å². The Labute approximate surface area is 258 Å². The van der Waals surface area contributed by atoms with Crippen molar-refractivity contribution in [2.24, 2.45) is 5.41 Å². The van der Waals surface area contributed by atoms with Crippen molar-refractivity contribution in [3.05, 3.63) is 144 Å². The minimum atomic E-state index is -0.328. The second-order valence-electron chi connectivity index (χ2n) is 12.1. The molecule has 224 valence electrons. The summed E-state index contributed by atoms with van der Waals surface area (Å²) < 4.78 is 0. The van der Waals surface area contributed by atoms with Gasteiger partial charge in [-0.3, -0.25) is 0 Å². The summed E-state index contributed by atoms with van der Waals surface area (Å²) in [4.78, 5) is 0. The molecule has 0 heteroatoms. The molecule has 0 fully saturated rings. The molecule has 0 spiro atoms. The van der Waals surface area contributed by atoms with Gasteiger partial charge >= 0.3 is 0 Å². The number of hydrogen-bond acceptors (Lipinski definition) is 0. The maximum absolute atomic E-state index is 2.34. The summed E-state index contributed by atoms with van der Waals surface area (Å²) in [5.41, 5.74) is 5.48. The van der Waals surface area contributed by atoms with Gasteiger partial charge in [-0.05, 0) is 53.4 Å². The zero-order valence-electron chi connectivity index (χ0n) is 27.0. The first-order valence-electron chi connectivity index (χ1n) is 16.9. The van der Waals surface area contributed by atoms with Crippen LogP contribution >= 0.6 is 0 Å². The highest BCUT2D eigenvalue weighted by molar-refractivity contribution is 5.59. The van der Waals surface area contributed by atoms with Gasteiger partial charge in [-0.2, -0.15) is 0 Å². The van der Waals surface area contributed by atoms with Gasteiger partial charge in [0.25, 0.3) is 0 Å². The number of unbranched alkanes of at least 4 members (excludes halogenated alkanes) is 4. The van der Waals surface area contributed by atoms with Crippen molar-refractivity contribution in [1.82, 2.24) is 0 Å². The second-order valence-corrected chi connectivity index (χ2v) is 12.1. The summed E-state index contributed by atoms with van der Waals surface area (Å²) in [6.45, 7) is 9.35. The molecule has 0 saturated heterocycles. The van der Waals surface area contributed by atoms with Crippen LogP contribution in [0.5, 0.6) is 0 Å². The molecule has 0 heterocycles. The van der Waals surface area contributed by atoms with Crippen LogP contribution in [0.15, 0.2) is 121 Å². The highest BCUT2D eigenvalue weighted by atomic mass is 14.4. The Bertz CT molecular complexity index is 993. The van der Waals surface area contributed by atoms with Crippen LogP contribution in [-0.4, -0.2) is 0 Å². The van der Waals surface area contributed by atoms with Crippen molar-refractivity contribution in [3.63, 3.8) is 0 Å². The molecule has 0 aromatic heterocycles. The van der Waals surface area contributed by atoms with Crippen molar-refractivity contribution in [1.29, 1.82) is 0 Å². The third-order valence-corrected chi connectivity index (χ3v) is 9.07. The molecule has 4 rings (SSSR count). The van der Waals surface area contributed by atoms with E-state index in [0.717, 1.165) is 0 Å². The van der Waals surface area contributed by atoms with Crippen LogP contribution in [-0.2, 0) is 5.41 Å². The van der Waals surface area contributed by atoms with Crippen LogP contribution in [0, 0.1) is 5.41 Å². The molecule has 0 atom stereocenters. The predicted octanol–water partition coefficient (Wildman–Crippen LogP) is 12.8. The molecule has 0 aliphatic rings. The molecule has 0 amide bonds. The van der Waals surface area contributed by atoms with Crippen LogP contribution in [0.2, 0.25) is 0 Å². The normalized spacial score (nSPS) is 11.5. The van der Waals surface area contributed by atoms with E-state index < -0.39 is 0 Å². The standard InChI is InChI=1S/C25H20.C17H36/c1-5-13-21(14-6-1)25(22-15-7-2-8-16-22,23-17-9-3-10-18-23)24-19-11-4-12-20-24;1-5-9-13-17(14-10-6-2,15-11-7-3)16-12-8-4/h1-20H;5-16H2,1-4H3. The van der Waals surface area contributed by atoms with Gasteiger partial charge in [-0.25, -0.2) is 0 Å². The fourth-order valence-corrected chi connectivity index (χ4v) is 6.71. The fraction of sp³-hybridized carbons (Fsp3) is 0.429. The van der Waals surface area contributed by atoms with Gasteiger partial charge in [-0.1, -0.05) is 200 Å². The first-order chi connectivity index (χ1) is 20.7. The van der Waals surface area contributed by atoms with Crippen molar-refractivity contribution < 1.29 is 0 Å². The first-order valence-corrected chi connectivity index (χ1v) is 16.9. The summed E-state index contributed by atoms with van der Waals surface area (Å²) in [6, 6.07) is 43.1. The zero-order chi connectivity index (χ0) is 29.9. The minimum Gasteiger partial charge on any atom is -0.0654 e. The van der Waals surface area contributed by atoms with Crippen LogP contribution in [0.3, 0.4) is 0 Å². The summed E-state index contributed by atoms with van der Waals surface area (Å²) in [5.74, 6) is 0. The van der Waals surface area contributed by atoms with E-state index in [4.69, 9.17) is 0 Å². The molecule has 0 aliphatic carbocycles. The average molecular weight is 561 g/mol. The Morgan fingerprint density at radius 1 is 0.333 bits per heavy atom. The molecule has 4 aromatic rings. The predicted molar refractivity (Wildman–Crippen MR) is 185 cm³/mol. The third kappa shape index (κ3) is 8.94. The summed E-state index contributed by atoms with van der Waals surface area (Å²) >= 11 is 0. The fourth-order valence-electron chi connectivity index (χ4n) is 6.71. The Hall–Kier alpha value is -3.12.